The van der Waals surface area contributed by atoms with Crippen LogP contribution in [0.2, 0.25) is 0 Å². The molecule has 45 heteroatoms. The van der Waals surface area contributed by atoms with Crippen LogP contribution in [-0.2, 0) is 84.8 Å². The molecule has 0 bridgehead atoms. The highest BCUT2D eigenvalue weighted by Crippen LogP contribution is 2.18. The lowest BCUT2D eigenvalue weighted by molar-refractivity contribution is -0.142. The number of nitrogens with one attached hydrogen (secondary N) is 18. The van der Waals surface area contributed by atoms with Gasteiger partial charge in [-0.15, -0.1) is 0 Å². The van der Waals surface area contributed by atoms with E-state index in [4.69, 9.17) is 45.2 Å². The number of aliphatic hydroxyl groups excluding tert-OH is 2. The first-order chi connectivity index (χ1) is 62.4. The maximum absolute atomic E-state index is 14.7. The fraction of sp³-hybridized carbons (Fsp3) is 0.698. The Morgan fingerprint density at radius 3 is 1.24 bits per heavy atom. The predicted octanol–water partition coefficient (Wildman–Crippen LogP) is -2.25. The summed E-state index contributed by atoms with van der Waals surface area (Å²) in [6.07, 6.45) is 17.7. The van der Waals surface area contributed by atoms with Gasteiger partial charge in [0.05, 0.1) is 31.2 Å². The number of thioether (sulfide) groups is 1. The number of carbonyl (C=O) groups excluding carboxylic acids is 14. The Hall–Kier alpha value is -11.0. The highest BCUT2D eigenvalue weighted by Gasteiger charge is 2.39. The largest absolute Gasteiger partial charge is 0.508 e. The van der Waals surface area contributed by atoms with Crippen LogP contribution < -0.4 is 114 Å². The molecule has 1 heterocycles. The lowest BCUT2D eigenvalue weighted by Crippen LogP contribution is -2.62. The van der Waals surface area contributed by atoms with Crippen molar-refractivity contribution in [1.29, 1.82) is 10.8 Å². The number of phenolic OH excluding ortho intramolecular Hbond substituents is 1. The SMILES string of the molecule is CCCCCCCCCCCCCCCC(=O)N[C@@H](CCCCN)C(=O)N[C@@H](CCCCN)C(=O)N[C@@H](CC(C)C)C(=O)N[C@@H](CCCNC(=N)N)C(=O)N[C@H](CO)C(=O)N[C@@H](CCSC)C(=O)N[C@H](C(=O)N[C@@H](CC(=O)O)C(=O)N[C@@H](CCCCN)C(=O)N[C@@H](Cc1ccc(O)cc1)C(=O)N[C@@H](CCCNC(=N)N)C(=O)N[C@@H](C)C(=O)N[C@@H](Cc1c[nH]cn1)C(N)=O)[C@@H](C)O. The number of amides is 14. The van der Waals surface area contributed by atoms with Crippen molar-refractivity contribution in [3.8, 4) is 5.75 Å². The van der Waals surface area contributed by atoms with Crippen molar-refractivity contribution in [3.63, 3.8) is 0 Å². The monoisotopic (exact) mass is 1870 g/mol. The molecule has 0 aliphatic rings. The van der Waals surface area contributed by atoms with Crippen molar-refractivity contribution < 1.29 is 92.3 Å². The minimum atomic E-state index is -2.10. The maximum atomic E-state index is 14.7. The third-order valence-corrected chi connectivity index (χ3v) is 22.0. The Bertz CT molecular complexity index is 3830. The Morgan fingerprint density at radius 1 is 0.435 bits per heavy atom. The third kappa shape index (κ3) is 50.3. The number of aromatic hydroxyl groups is 1. The third-order valence-electron chi connectivity index (χ3n) is 21.4. The molecule has 2 aromatic rings. The van der Waals surface area contributed by atoms with E-state index in [1.807, 2.05) is 0 Å². The number of aromatic amines is 1. The van der Waals surface area contributed by atoms with Crippen molar-refractivity contribution in [2.45, 2.75) is 325 Å². The number of aliphatic hydroxyl groups is 2. The number of aromatic nitrogens is 2. The van der Waals surface area contributed by atoms with E-state index in [0.29, 0.717) is 49.9 Å². The van der Waals surface area contributed by atoms with Gasteiger partial charge in [-0.25, -0.2) is 4.98 Å². The number of hydrogen-bond donors (Lipinski definition) is 28. The van der Waals surface area contributed by atoms with Crippen LogP contribution in [0.5, 0.6) is 5.75 Å². The topological polar surface area (TPSA) is 750 Å². The molecule has 1 aromatic heterocycles. The van der Waals surface area contributed by atoms with Gasteiger partial charge in [-0.2, -0.15) is 11.8 Å². The van der Waals surface area contributed by atoms with Gasteiger partial charge in [0.2, 0.25) is 82.7 Å². The molecular formula is C86H151N25O19S. The summed E-state index contributed by atoms with van der Waals surface area (Å²) >= 11 is 1.20. The molecule has 0 aliphatic carbocycles. The molecule has 0 aliphatic heterocycles. The van der Waals surface area contributed by atoms with E-state index in [-0.39, 0.29) is 139 Å². The maximum Gasteiger partial charge on any atom is 0.305 e. The first-order valence-corrected chi connectivity index (χ1v) is 47.1. The van der Waals surface area contributed by atoms with Gasteiger partial charge in [0.15, 0.2) is 11.9 Å². The summed E-state index contributed by atoms with van der Waals surface area (Å²) in [6, 6.07) is -14.8. The number of benzene rings is 1. The molecule has 2 rings (SSSR count). The number of rotatable bonds is 73. The standard InChI is InChI=1S/C86H151N25O19S/c1-7-8-9-10-11-12-13-14-15-16-17-18-19-33-69(115)100-58(28-20-23-39-87)75(121)101-59(29-21-24-40-88)76(122)107-65(45-52(2)3)80(126)104-62(32-27-43-97-86(93)94)78(124)110-68(50-112)83(129)105-63(38-44-131-6)79(125)111-71(54(5)113)84(130)109-67(48-70(116)117)82(128)102-60(30-22-25-41-89)77(123)108-66(46-55-34-36-57(114)37-35-55)81(127)103-61(31-26-42-96-85(91)92)74(120)99-53(4)73(119)106-64(72(90)118)47-56-49-95-51-98-56/h34-37,49,51-54,58-68,71,112-114H,7-33,38-48,50,87-89H2,1-6H3,(H2,90,118)(H,95,98)(H,99,120)(H,100,115)(H,101,121)(H,102,128)(H,103,127)(H,104,126)(H,105,129)(H,106,119)(H,107,122)(H,108,123)(H,109,130)(H,110,124)(H,111,125)(H,116,117)(H4,91,92,96)(H4,93,94,97)/t53-,54+,58-,59-,60-,61-,62-,63-,64-,65-,66-,67-,68+,71-/m0/s1. The molecule has 0 saturated heterocycles. The van der Waals surface area contributed by atoms with Crippen molar-refractivity contribution in [2.75, 3.05) is 51.3 Å². The van der Waals surface area contributed by atoms with Gasteiger partial charge >= 0.3 is 5.97 Å². The van der Waals surface area contributed by atoms with Gasteiger partial charge in [-0.3, -0.25) is 82.7 Å². The number of phenols is 1. The summed E-state index contributed by atoms with van der Waals surface area (Å²) in [5.41, 5.74) is 34.8. The van der Waals surface area contributed by atoms with Gasteiger partial charge in [0.1, 0.15) is 84.3 Å². The van der Waals surface area contributed by atoms with Crippen LogP contribution in [0, 0.1) is 16.7 Å². The number of carboxylic acids is 1. The van der Waals surface area contributed by atoms with Gasteiger partial charge < -0.3 is 140 Å². The molecule has 0 saturated carbocycles. The van der Waals surface area contributed by atoms with E-state index in [0.717, 1.165) is 32.6 Å². The van der Waals surface area contributed by atoms with Crippen LogP contribution in [-0.4, -0.2) is 267 Å². The van der Waals surface area contributed by atoms with Crippen LogP contribution in [0.4, 0.5) is 0 Å². The first-order valence-electron chi connectivity index (χ1n) is 45.7. The fourth-order valence-corrected chi connectivity index (χ4v) is 14.4. The molecule has 131 heavy (non-hydrogen) atoms. The smallest absolute Gasteiger partial charge is 0.305 e. The zero-order chi connectivity index (χ0) is 97.8. The summed E-state index contributed by atoms with van der Waals surface area (Å²) in [4.78, 5) is 218. The van der Waals surface area contributed by atoms with E-state index < -0.39 is 192 Å². The quantitative estimate of drug-likeness (QED) is 0.0189. The molecule has 0 fully saturated rings. The van der Waals surface area contributed by atoms with Crippen LogP contribution in [0.15, 0.2) is 36.8 Å². The van der Waals surface area contributed by atoms with Gasteiger partial charge in [-0.05, 0) is 172 Å². The Balaban J connectivity index is 2.48. The summed E-state index contributed by atoms with van der Waals surface area (Å²) in [6.45, 7) is 7.68. The molecule has 34 N–H and O–H groups in total. The number of carbonyl (C=O) groups is 15. The number of carboxylic acid groups (broad SMARTS) is 1. The molecule has 0 radical (unpaired) electrons. The Kier molecular flexibility index (Phi) is 59.5. The van der Waals surface area contributed by atoms with Crippen molar-refractivity contribution >= 4 is 112 Å². The number of nitrogens with two attached hydrogens (primary N) is 6. The van der Waals surface area contributed by atoms with Crippen molar-refractivity contribution in [1.82, 2.24) is 89.7 Å². The van der Waals surface area contributed by atoms with Crippen LogP contribution in [0.3, 0.4) is 0 Å². The molecule has 0 spiro atoms. The first kappa shape index (κ1) is 116. The van der Waals surface area contributed by atoms with Crippen LogP contribution >= 0.6 is 11.8 Å². The summed E-state index contributed by atoms with van der Waals surface area (Å²) in [5, 5.41) is 95.7. The Morgan fingerprint density at radius 2 is 0.817 bits per heavy atom. The zero-order valence-electron chi connectivity index (χ0n) is 76.9. The summed E-state index contributed by atoms with van der Waals surface area (Å²) in [7, 11) is 0. The van der Waals surface area contributed by atoms with Crippen molar-refractivity contribution in [3.05, 3.63) is 48.0 Å². The van der Waals surface area contributed by atoms with Gasteiger partial charge in [0.25, 0.3) is 0 Å². The molecular weight excluding hydrogens is 1720 g/mol. The zero-order valence-corrected chi connectivity index (χ0v) is 77.8. The number of imidazole rings is 1. The van der Waals surface area contributed by atoms with Crippen LogP contribution in [0.25, 0.3) is 0 Å². The lowest BCUT2D eigenvalue weighted by Gasteiger charge is -2.29. The van der Waals surface area contributed by atoms with E-state index in [1.54, 1.807) is 20.1 Å². The molecule has 44 nitrogen and oxygen atoms in total. The van der Waals surface area contributed by atoms with E-state index in [9.17, 15) is 92.3 Å². The second-order valence-electron chi connectivity index (χ2n) is 33.2. The summed E-state index contributed by atoms with van der Waals surface area (Å²) < 4.78 is 0. The molecule has 740 valence electrons. The minimum Gasteiger partial charge on any atom is -0.508 e. The van der Waals surface area contributed by atoms with Crippen molar-refractivity contribution in [2.24, 2.45) is 40.3 Å². The van der Waals surface area contributed by atoms with E-state index in [2.05, 4.69) is 96.6 Å². The number of guanidine groups is 2. The number of aliphatic carboxylic acids is 1. The average Bonchev–Trinajstić information content (AvgIpc) is 1.73. The number of H-pyrrole nitrogens is 1. The summed E-state index contributed by atoms with van der Waals surface area (Å²) in [5.74, 6) is -16.2. The Labute approximate surface area is 771 Å². The number of hydrogen-bond acceptors (Lipinski definition) is 25. The second kappa shape index (κ2) is 67.2. The molecule has 14 amide bonds. The second-order valence-corrected chi connectivity index (χ2v) is 34.2. The lowest BCUT2D eigenvalue weighted by atomic mass is 10.0. The number of primary amides is 1. The normalized spacial score (nSPS) is 14.4. The highest BCUT2D eigenvalue weighted by atomic mass is 32.2. The van der Waals surface area contributed by atoms with Crippen LogP contribution in [0.1, 0.15) is 239 Å². The molecule has 0 unspecified atom stereocenters. The highest BCUT2D eigenvalue weighted by molar-refractivity contribution is 7.98. The number of nitrogens with zero attached hydrogens (tertiary/aromatic N) is 1. The minimum absolute atomic E-state index is 0.00246. The van der Waals surface area contributed by atoms with Gasteiger partial charge in [-0.1, -0.05) is 110 Å². The number of unbranched alkanes of at least 4 members (excludes halogenated alkanes) is 15. The van der Waals surface area contributed by atoms with Gasteiger partial charge in [0, 0.05) is 38.5 Å². The fourth-order valence-electron chi connectivity index (χ4n) is 13.9. The van der Waals surface area contributed by atoms with E-state index in [1.165, 1.54) is 107 Å². The molecule has 14 atom stereocenters. The predicted molar refractivity (Wildman–Crippen MR) is 495 cm³/mol. The van der Waals surface area contributed by atoms with E-state index >= 15 is 0 Å². The molecule has 1 aromatic carbocycles. The average molecular weight is 1870 g/mol.